The number of aliphatic hydroxyl groups is 1. The number of aliphatic hydroxyl groups excluding tert-OH is 1. The number of rotatable bonds is 17. The lowest BCUT2D eigenvalue weighted by atomic mass is 10.0. The number of unbranched alkanes of at least 4 members (excludes halogenated alkanes) is 9. The summed E-state index contributed by atoms with van der Waals surface area (Å²) in [6.45, 7) is 2.14. The van der Waals surface area contributed by atoms with Crippen LogP contribution in [0.2, 0.25) is 0 Å². The van der Waals surface area contributed by atoms with Crippen LogP contribution in [0, 0.1) is 0 Å². The van der Waals surface area contributed by atoms with Gasteiger partial charge in [-0.05, 0) is 19.3 Å². The zero-order valence-electron chi connectivity index (χ0n) is 15.5. The van der Waals surface area contributed by atoms with Gasteiger partial charge in [0.15, 0.2) is 0 Å². The molecule has 150 valence electrons. The molecule has 0 fully saturated rings. The maximum atomic E-state index is 11.5. The average Bonchev–Trinajstić information content (AvgIpc) is 2.51. The van der Waals surface area contributed by atoms with Gasteiger partial charge in [-0.3, -0.25) is 9.35 Å². The fraction of sp³-hybridized carbons (Fsp3) is 0.944. The van der Waals surface area contributed by atoms with Gasteiger partial charge in [-0.25, -0.2) is 0 Å². The Bertz CT molecular complexity index is 435. The monoisotopic (exact) mass is 380 g/mol. The highest BCUT2D eigenvalue weighted by Gasteiger charge is 2.29. The molecule has 0 heterocycles. The van der Waals surface area contributed by atoms with Crippen molar-refractivity contribution in [1.82, 2.24) is 0 Å². The first-order valence-electron chi connectivity index (χ1n) is 9.65. The molecule has 6 nitrogen and oxygen atoms in total. The highest BCUT2D eigenvalue weighted by atomic mass is 32.2. The Hall–Kier alpha value is -0.660. The molecule has 0 aliphatic heterocycles. The Morgan fingerprint density at radius 1 is 0.840 bits per heavy atom. The van der Waals surface area contributed by atoms with Gasteiger partial charge in [0.25, 0.3) is 10.1 Å². The predicted molar refractivity (Wildman–Crippen MR) is 99.3 cm³/mol. The van der Waals surface area contributed by atoms with Crippen molar-refractivity contribution in [2.75, 3.05) is 0 Å². The Kier molecular flexibility index (Phi) is 14.1. The van der Waals surface area contributed by atoms with Crippen LogP contribution in [0.25, 0.3) is 0 Å². The maximum absolute atomic E-state index is 11.5. The van der Waals surface area contributed by atoms with Crippen molar-refractivity contribution >= 4 is 16.1 Å². The summed E-state index contributed by atoms with van der Waals surface area (Å²) in [6, 6.07) is 0. The molecule has 0 amide bonds. The average molecular weight is 381 g/mol. The van der Waals surface area contributed by atoms with E-state index in [2.05, 4.69) is 6.92 Å². The summed E-state index contributed by atoms with van der Waals surface area (Å²) in [6.07, 6.45) is 9.75. The molecular weight excluding hydrogens is 344 g/mol. The van der Waals surface area contributed by atoms with Gasteiger partial charge in [-0.15, -0.1) is 0 Å². The standard InChI is InChI=1S/C18H36O6S/c1-2-3-4-5-8-11-14-17(25(22,23)24)16(19)13-10-7-6-9-12-15-18(20)21/h16-17,19H,2-15H2,1H3,(H,20,21)(H,22,23,24). The molecule has 2 unspecified atom stereocenters. The van der Waals surface area contributed by atoms with Crippen LogP contribution in [-0.4, -0.2) is 40.5 Å². The van der Waals surface area contributed by atoms with E-state index >= 15 is 0 Å². The summed E-state index contributed by atoms with van der Waals surface area (Å²) in [4.78, 5) is 10.4. The van der Waals surface area contributed by atoms with Gasteiger partial charge in [0.2, 0.25) is 0 Å². The zero-order chi connectivity index (χ0) is 19.1. The summed E-state index contributed by atoms with van der Waals surface area (Å²) in [5.41, 5.74) is 0. The van der Waals surface area contributed by atoms with E-state index in [1.807, 2.05) is 0 Å². The smallest absolute Gasteiger partial charge is 0.303 e. The van der Waals surface area contributed by atoms with E-state index in [1.54, 1.807) is 0 Å². The third-order valence-electron chi connectivity index (χ3n) is 4.54. The molecule has 0 rings (SSSR count). The summed E-state index contributed by atoms with van der Waals surface area (Å²) in [5, 5.41) is 17.6. The number of carbonyl (C=O) groups is 1. The molecule has 0 aliphatic carbocycles. The summed E-state index contributed by atoms with van der Waals surface area (Å²) >= 11 is 0. The summed E-state index contributed by atoms with van der Waals surface area (Å²) < 4.78 is 32.4. The van der Waals surface area contributed by atoms with Gasteiger partial charge in [0.1, 0.15) is 5.25 Å². The van der Waals surface area contributed by atoms with Gasteiger partial charge in [-0.2, -0.15) is 8.42 Å². The van der Waals surface area contributed by atoms with E-state index in [0.717, 1.165) is 44.9 Å². The van der Waals surface area contributed by atoms with Crippen molar-refractivity contribution in [3.63, 3.8) is 0 Å². The molecule has 0 saturated heterocycles. The van der Waals surface area contributed by atoms with E-state index in [4.69, 9.17) is 5.11 Å². The molecule has 25 heavy (non-hydrogen) atoms. The second-order valence-corrected chi connectivity index (χ2v) is 8.51. The van der Waals surface area contributed by atoms with Crippen LogP contribution < -0.4 is 0 Å². The van der Waals surface area contributed by atoms with Gasteiger partial charge in [0, 0.05) is 6.42 Å². The van der Waals surface area contributed by atoms with Crippen molar-refractivity contribution in [1.29, 1.82) is 0 Å². The maximum Gasteiger partial charge on any atom is 0.303 e. The first kappa shape index (κ1) is 24.3. The van der Waals surface area contributed by atoms with Gasteiger partial charge in [-0.1, -0.05) is 71.1 Å². The van der Waals surface area contributed by atoms with Crippen molar-refractivity contribution in [2.45, 2.75) is 108 Å². The van der Waals surface area contributed by atoms with E-state index in [0.29, 0.717) is 32.1 Å². The number of carboxylic acid groups (broad SMARTS) is 1. The van der Waals surface area contributed by atoms with Crippen molar-refractivity contribution in [2.24, 2.45) is 0 Å². The first-order valence-corrected chi connectivity index (χ1v) is 11.2. The highest BCUT2D eigenvalue weighted by molar-refractivity contribution is 7.86. The summed E-state index contributed by atoms with van der Waals surface area (Å²) in [7, 11) is -4.24. The van der Waals surface area contributed by atoms with Crippen molar-refractivity contribution in [3.8, 4) is 0 Å². The van der Waals surface area contributed by atoms with Crippen LogP contribution in [-0.2, 0) is 14.9 Å². The highest BCUT2D eigenvalue weighted by Crippen LogP contribution is 2.20. The fourth-order valence-electron chi connectivity index (χ4n) is 3.01. The van der Waals surface area contributed by atoms with Crippen LogP contribution >= 0.6 is 0 Å². The van der Waals surface area contributed by atoms with E-state index in [-0.39, 0.29) is 6.42 Å². The zero-order valence-corrected chi connectivity index (χ0v) is 16.3. The molecule has 7 heteroatoms. The number of aliphatic carboxylic acids is 1. The molecule has 0 aromatic carbocycles. The SMILES string of the molecule is CCCCCCCCC(C(O)CCCCCCCC(=O)O)S(=O)(=O)O. The largest absolute Gasteiger partial charge is 0.481 e. The lowest BCUT2D eigenvalue weighted by Crippen LogP contribution is -2.33. The van der Waals surface area contributed by atoms with Gasteiger partial charge >= 0.3 is 5.97 Å². The molecule has 0 spiro atoms. The number of carboxylic acids is 1. The second kappa shape index (κ2) is 14.5. The van der Waals surface area contributed by atoms with Crippen LogP contribution in [0.5, 0.6) is 0 Å². The quantitative estimate of drug-likeness (QED) is 0.258. The molecular formula is C18H36O6S. The third kappa shape index (κ3) is 14.2. The Labute approximate surface area is 152 Å². The van der Waals surface area contributed by atoms with E-state index in [1.165, 1.54) is 6.42 Å². The van der Waals surface area contributed by atoms with Gasteiger partial charge < -0.3 is 10.2 Å². The van der Waals surface area contributed by atoms with Crippen LogP contribution in [0.15, 0.2) is 0 Å². The molecule has 0 aromatic rings. The van der Waals surface area contributed by atoms with Crippen LogP contribution in [0.4, 0.5) is 0 Å². The first-order chi connectivity index (χ1) is 11.8. The molecule has 0 aromatic heterocycles. The Morgan fingerprint density at radius 3 is 1.84 bits per heavy atom. The van der Waals surface area contributed by atoms with Crippen molar-refractivity contribution in [3.05, 3.63) is 0 Å². The second-order valence-electron chi connectivity index (χ2n) is 6.88. The molecule has 2 atom stereocenters. The Morgan fingerprint density at radius 2 is 1.32 bits per heavy atom. The summed E-state index contributed by atoms with van der Waals surface area (Å²) in [5.74, 6) is -0.791. The molecule has 0 saturated carbocycles. The number of hydrogen-bond acceptors (Lipinski definition) is 4. The topological polar surface area (TPSA) is 112 Å². The van der Waals surface area contributed by atoms with Crippen LogP contribution in [0.3, 0.4) is 0 Å². The van der Waals surface area contributed by atoms with Gasteiger partial charge in [0.05, 0.1) is 6.10 Å². The molecule has 0 aliphatic rings. The number of hydrogen-bond donors (Lipinski definition) is 3. The molecule has 0 bridgehead atoms. The molecule has 3 N–H and O–H groups in total. The van der Waals surface area contributed by atoms with E-state index in [9.17, 15) is 22.9 Å². The fourth-order valence-corrected chi connectivity index (χ4v) is 4.01. The van der Waals surface area contributed by atoms with Crippen LogP contribution in [0.1, 0.15) is 96.8 Å². The minimum atomic E-state index is -4.24. The molecule has 0 radical (unpaired) electrons. The minimum Gasteiger partial charge on any atom is -0.481 e. The lowest BCUT2D eigenvalue weighted by molar-refractivity contribution is -0.137. The predicted octanol–water partition coefficient (Wildman–Crippen LogP) is 4.17. The van der Waals surface area contributed by atoms with Crippen molar-refractivity contribution < 1.29 is 28.0 Å². The third-order valence-corrected chi connectivity index (χ3v) is 5.86. The minimum absolute atomic E-state index is 0.172. The lowest BCUT2D eigenvalue weighted by Gasteiger charge is -2.20. The Balaban J connectivity index is 3.99. The van der Waals surface area contributed by atoms with E-state index < -0.39 is 27.4 Å². The normalized spacial score (nSPS) is 14.4.